The van der Waals surface area contributed by atoms with Crippen LogP contribution >= 0.6 is 0 Å². The number of Topliss-reactive ketones (excluding diaryl/α,β-unsaturated/α-hetero) is 3. The number of ether oxygens (including phenoxy) is 6. The Bertz CT molecular complexity index is 1810. The number of esters is 1. The van der Waals surface area contributed by atoms with Gasteiger partial charge in [0, 0.05) is 58.5 Å². The van der Waals surface area contributed by atoms with Gasteiger partial charge in [-0.25, -0.2) is 4.79 Å². The Morgan fingerprint density at radius 1 is 0.853 bits per heavy atom. The SMILES string of the molecule is CO[C@H]1C[C@@H]2CC[C@@H](C)[C@@](O)(O2)C(=O)C(=O)N2CCCC[C@H]2C(=O)O[C@H]([C@H](C)C[C@@H]2CC[C@@H](OCCO)[C@H](OC)C2)CC(=O)[C@H](C)/C=C(\C)[C@@H](O)[C@H](OC)C(=O)[C@H](C)C[C@@H](C)/C=C/C=C/C=C/1C. The summed E-state index contributed by atoms with van der Waals surface area (Å²) in [5.41, 5.74) is 1.26. The van der Waals surface area contributed by atoms with Gasteiger partial charge >= 0.3 is 5.97 Å². The molecule has 1 aliphatic carbocycles. The van der Waals surface area contributed by atoms with Gasteiger partial charge < -0.3 is 48.6 Å². The van der Waals surface area contributed by atoms with Crippen LogP contribution in [0, 0.1) is 35.5 Å². The maximum atomic E-state index is 14.5. The van der Waals surface area contributed by atoms with Crippen LogP contribution in [0.2, 0.25) is 0 Å². The van der Waals surface area contributed by atoms with Crippen molar-refractivity contribution >= 4 is 29.2 Å². The summed E-state index contributed by atoms with van der Waals surface area (Å²) >= 11 is 0. The number of aliphatic hydroxyl groups excluding tert-OH is 2. The van der Waals surface area contributed by atoms with E-state index in [0.717, 1.165) is 12.0 Å². The fraction of sp³-hybridized carbons (Fsp3) is 0.755. The van der Waals surface area contributed by atoms with Gasteiger partial charge in [0.05, 0.1) is 37.6 Å². The normalized spacial score (nSPS) is 39.2. The molecule has 3 heterocycles. The number of rotatable bonds is 9. The molecule has 0 aromatic carbocycles. The molecule has 4 rings (SSSR count). The van der Waals surface area contributed by atoms with Crippen LogP contribution in [0.25, 0.3) is 0 Å². The highest BCUT2D eigenvalue weighted by Crippen LogP contribution is 2.38. The Labute approximate surface area is 405 Å². The molecule has 3 fully saturated rings. The highest BCUT2D eigenvalue weighted by molar-refractivity contribution is 6.39. The summed E-state index contributed by atoms with van der Waals surface area (Å²) in [5, 5.41) is 32.8. The predicted molar refractivity (Wildman–Crippen MR) is 256 cm³/mol. The molecule has 1 saturated carbocycles. The van der Waals surface area contributed by atoms with Crippen molar-refractivity contribution in [2.45, 2.75) is 180 Å². The predicted octanol–water partition coefficient (Wildman–Crippen LogP) is 6.20. The van der Waals surface area contributed by atoms with E-state index >= 15 is 0 Å². The second-order valence-electron chi connectivity index (χ2n) is 20.2. The molecule has 384 valence electrons. The van der Waals surface area contributed by atoms with E-state index in [4.69, 9.17) is 28.4 Å². The first-order valence-electron chi connectivity index (χ1n) is 25.0. The average molecular weight is 958 g/mol. The molecule has 0 aromatic heterocycles. The van der Waals surface area contributed by atoms with Crippen LogP contribution in [0.4, 0.5) is 0 Å². The Balaban J connectivity index is 1.70. The molecule has 1 amide bonds. The van der Waals surface area contributed by atoms with Crippen LogP contribution in [-0.2, 0) is 52.4 Å². The zero-order chi connectivity index (χ0) is 50.3. The summed E-state index contributed by atoms with van der Waals surface area (Å²) in [5.74, 6) is -7.96. The summed E-state index contributed by atoms with van der Waals surface area (Å²) in [7, 11) is 4.58. The van der Waals surface area contributed by atoms with Crippen molar-refractivity contribution < 1.29 is 67.7 Å². The molecule has 4 aliphatic rings. The highest BCUT2D eigenvalue weighted by Gasteiger charge is 2.53. The number of piperidine rings is 1. The molecule has 0 radical (unpaired) electrons. The molecule has 0 unspecified atom stereocenters. The van der Waals surface area contributed by atoms with Gasteiger partial charge in [-0.2, -0.15) is 0 Å². The van der Waals surface area contributed by atoms with Crippen LogP contribution in [0.5, 0.6) is 0 Å². The first-order chi connectivity index (χ1) is 32.3. The molecular formula is C53H83NO14. The summed E-state index contributed by atoms with van der Waals surface area (Å²) in [6.07, 6.45) is 12.0. The van der Waals surface area contributed by atoms with Crippen LogP contribution in [0.1, 0.15) is 126 Å². The van der Waals surface area contributed by atoms with E-state index in [1.807, 2.05) is 58.1 Å². The average Bonchev–Trinajstić information content (AvgIpc) is 3.32. The van der Waals surface area contributed by atoms with Gasteiger partial charge in [0.1, 0.15) is 30.1 Å². The lowest BCUT2D eigenvalue weighted by Crippen LogP contribution is -2.61. The van der Waals surface area contributed by atoms with Gasteiger partial charge in [0.25, 0.3) is 11.7 Å². The third kappa shape index (κ3) is 15.3. The van der Waals surface area contributed by atoms with Crippen molar-refractivity contribution in [3.8, 4) is 0 Å². The van der Waals surface area contributed by atoms with E-state index in [9.17, 15) is 39.3 Å². The zero-order valence-electron chi connectivity index (χ0n) is 42.4. The molecule has 68 heavy (non-hydrogen) atoms. The number of nitrogens with zero attached hydrogens (tertiary/aromatic N) is 1. The van der Waals surface area contributed by atoms with Crippen molar-refractivity contribution in [1.29, 1.82) is 0 Å². The van der Waals surface area contributed by atoms with E-state index in [2.05, 4.69) is 0 Å². The van der Waals surface area contributed by atoms with Gasteiger partial charge in [0.2, 0.25) is 5.79 Å². The van der Waals surface area contributed by atoms with Gasteiger partial charge in [0.15, 0.2) is 5.78 Å². The number of aliphatic hydroxyl groups is 3. The van der Waals surface area contributed by atoms with Gasteiger partial charge in [-0.3, -0.25) is 19.2 Å². The number of cyclic esters (lactones) is 1. The van der Waals surface area contributed by atoms with E-state index < -0.39 is 77.8 Å². The fourth-order valence-electron chi connectivity index (χ4n) is 10.5. The van der Waals surface area contributed by atoms with Gasteiger partial charge in [-0.15, -0.1) is 0 Å². The van der Waals surface area contributed by atoms with E-state index in [-0.39, 0.29) is 74.1 Å². The molecule has 0 aromatic rings. The topological polar surface area (TPSA) is 205 Å². The molecule has 15 atom stereocenters. The number of carbonyl (C=O) groups is 5. The van der Waals surface area contributed by atoms with Crippen molar-refractivity contribution in [3.05, 3.63) is 47.6 Å². The monoisotopic (exact) mass is 958 g/mol. The van der Waals surface area contributed by atoms with Crippen molar-refractivity contribution in [2.24, 2.45) is 35.5 Å². The minimum Gasteiger partial charge on any atom is -0.460 e. The Morgan fingerprint density at radius 2 is 1.59 bits per heavy atom. The number of carbonyl (C=O) groups excluding carboxylic acids is 5. The molecular weight excluding hydrogens is 875 g/mol. The minimum atomic E-state index is -2.43. The van der Waals surface area contributed by atoms with Crippen LogP contribution in [-0.4, -0.2) is 145 Å². The molecule has 15 nitrogen and oxygen atoms in total. The van der Waals surface area contributed by atoms with Crippen LogP contribution in [0.15, 0.2) is 47.6 Å². The summed E-state index contributed by atoms with van der Waals surface area (Å²) in [4.78, 5) is 72.1. The molecule has 15 heteroatoms. The van der Waals surface area contributed by atoms with Gasteiger partial charge in [-0.1, -0.05) is 71.1 Å². The maximum absolute atomic E-state index is 14.5. The van der Waals surface area contributed by atoms with Crippen molar-refractivity contribution in [3.63, 3.8) is 0 Å². The van der Waals surface area contributed by atoms with Crippen LogP contribution in [0.3, 0.4) is 0 Å². The fourth-order valence-corrected chi connectivity index (χ4v) is 10.5. The summed E-state index contributed by atoms with van der Waals surface area (Å²) < 4.78 is 35.6. The zero-order valence-corrected chi connectivity index (χ0v) is 42.4. The number of ketones is 3. The lowest BCUT2D eigenvalue weighted by atomic mass is 9.78. The van der Waals surface area contributed by atoms with Gasteiger partial charge in [-0.05, 0) is 107 Å². The van der Waals surface area contributed by atoms with E-state index in [1.54, 1.807) is 41.1 Å². The van der Waals surface area contributed by atoms with E-state index in [0.29, 0.717) is 63.4 Å². The highest BCUT2D eigenvalue weighted by atomic mass is 16.6. The molecule has 3 N–H and O–H groups in total. The van der Waals surface area contributed by atoms with Crippen molar-refractivity contribution in [2.75, 3.05) is 41.1 Å². The summed E-state index contributed by atoms with van der Waals surface area (Å²) in [6.45, 7) is 12.9. The Kier molecular flexibility index (Phi) is 22.9. The molecule has 0 spiro atoms. The van der Waals surface area contributed by atoms with E-state index in [1.165, 1.54) is 12.0 Å². The molecule has 3 aliphatic heterocycles. The Hall–Kier alpha value is -3.41. The third-order valence-corrected chi connectivity index (χ3v) is 14.9. The van der Waals surface area contributed by atoms with Crippen molar-refractivity contribution in [1.82, 2.24) is 4.90 Å². The second-order valence-corrected chi connectivity index (χ2v) is 20.2. The first-order valence-corrected chi connectivity index (χ1v) is 25.0. The lowest BCUT2D eigenvalue weighted by Gasteiger charge is -2.42. The molecule has 2 bridgehead atoms. The number of hydrogen-bond donors (Lipinski definition) is 3. The van der Waals surface area contributed by atoms with Crippen LogP contribution < -0.4 is 0 Å². The summed E-state index contributed by atoms with van der Waals surface area (Å²) in [6, 6.07) is -1.14. The number of fused-ring (bicyclic) bond motifs is 3. The largest absolute Gasteiger partial charge is 0.460 e. The standard InChI is InChI=1S/C53H83NO14/c1-32-16-12-11-13-17-33(2)44(63-8)30-40-21-19-38(7)53(62,68-40)50(59)51(60)54-23-15-14-18-41(54)52(61)67-45(35(4)28-39-20-22-43(66-25-24-55)46(29-39)64-9)31-42(56)34(3)27-37(6)48(58)49(65-10)47(57)36(5)26-32/h11-13,16-17,27,32,34-36,38-41,43-46,48-49,55,58,62H,14-15,18-26,28-31H2,1-10H3/b13-11+,16-12+,33-17+,37-27+/t32-,34+,35+,36+,38+,39-,40-,41-,43+,44-,45-,46+,48+,49+,53+/m0/s1. The third-order valence-electron chi connectivity index (χ3n) is 14.9. The maximum Gasteiger partial charge on any atom is 0.329 e. The smallest absolute Gasteiger partial charge is 0.329 e. The number of methoxy groups -OCH3 is 3. The molecule has 2 saturated heterocycles. The number of allylic oxidation sites excluding steroid dienone is 6. The second kappa shape index (κ2) is 27.3. The minimum absolute atomic E-state index is 0.0158. The number of amides is 1. The lowest BCUT2D eigenvalue weighted by molar-refractivity contribution is -0.265. The Morgan fingerprint density at radius 3 is 2.26 bits per heavy atom. The quantitative estimate of drug-likeness (QED) is 0.134. The first kappa shape index (κ1) is 57.2. The number of hydrogen-bond acceptors (Lipinski definition) is 14.